The molecule has 0 atom stereocenters. The number of halogens is 2. The highest BCUT2D eigenvalue weighted by Gasteiger charge is 2.07. The van der Waals surface area contributed by atoms with Crippen molar-refractivity contribution in [2.45, 2.75) is 0 Å². The normalized spacial score (nSPS) is 10.3. The topological polar surface area (TPSA) is 51.2 Å². The summed E-state index contributed by atoms with van der Waals surface area (Å²) in [6.45, 7) is -0.247. The second-order valence-corrected chi connectivity index (χ2v) is 5.23. The Balaban J connectivity index is 1.63. The summed E-state index contributed by atoms with van der Waals surface area (Å²) in [5.41, 5.74) is 1.49. The maximum absolute atomic E-state index is 13.3. The first-order valence-corrected chi connectivity index (χ1v) is 7.50. The van der Waals surface area contributed by atoms with Crippen molar-refractivity contribution >= 4 is 11.6 Å². The number of aromatic nitrogens is 1. The number of pyridine rings is 1. The predicted octanol–water partition coefficient (Wildman–Crippen LogP) is 4.04. The molecule has 126 valence electrons. The zero-order valence-electron chi connectivity index (χ0n) is 13.1. The molecule has 0 bridgehead atoms. The van der Waals surface area contributed by atoms with E-state index in [1.165, 1.54) is 36.5 Å². The lowest BCUT2D eigenvalue weighted by atomic mass is 10.1. The fourth-order valence-electron chi connectivity index (χ4n) is 2.22. The van der Waals surface area contributed by atoms with Crippen LogP contribution < -0.4 is 10.1 Å². The standard InChI is InChI=1S/C19H14F2N2O2/c20-14-4-1-3-13(9-14)18-11-17(7-8-22-18)25-12-19(24)23-16-6-2-5-15(21)10-16/h1-11H,12H2,(H,23,24). The van der Waals surface area contributed by atoms with E-state index in [1.807, 2.05) is 0 Å². The number of hydrogen-bond donors (Lipinski definition) is 1. The smallest absolute Gasteiger partial charge is 0.262 e. The van der Waals surface area contributed by atoms with Crippen molar-refractivity contribution in [1.82, 2.24) is 4.98 Å². The first-order chi connectivity index (χ1) is 12.1. The van der Waals surface area contributed by atoms with E-state index in [1.54, 1.807) is 30.3 Å². The third kappa shape index (κ3) is 4.60. The summed E-state index contributed by atoms with van der Waals surface area (Å²) >= 11 is 0. The van der Waals surface area contributed by atoms with Crippen molar-refractivity contribution < 1.29 is 18.3 Å². The van der Waals surface area contributed by atoms with Crippen LogP contribution in [0.1, 0.15) is 0 Å². The second kappa shape index (κ2) is 7.53. The van der Waals surface area contributed by atoms with Gasteiger partial charge in [0.2, 0.25) is 0 Å². The Morgan fingerprint density at radius 2 is 1.76 bits per heavy atom. The van der Waals surface area contributed by atoms with Gasteiger partial charge in [-0.15, -0.1) is 0 Å². The molecule has 1 heterocycles. The van der Waals surface area contributed by atoms with Crippen LogP contribution in [-0.4, -0.2) is 17.5 Å². The number of carbonyl (C=O) groups is 1. The second-order valence-electron chi connectivity index (χ2n) is 5.23. The molecule has 0 fully saturated rings. The summed E-state index contributed by atoms with van der Waals surface area (Å²) < 4.78 is 31.8. The number of benzene rings is 2. The Morgan fingerprint density at radius 1 is 1.00 bits per heavy atom. The molecule has 0 saturated carbocycles. The van der Waals surface area contributed by atoms with E-state index in [9.17, 15) is 13.6 Å². The monoisotopic (exact) mass is 340 g/mol. The molecule has 1 aromatic heterocycles. The van der Waals surface area contributed by atoms with Crippen molar-refractivity contribution in [2.24, 2.45) is 0 Å². The zero-order chi connectivity index (χ0) is 17.6. The lowest BCUT2D eigenvalue weighted by Crippen LogP contribution is -2.20. The molecule has 0 aliphatic rings. The van der Waals surface area contributed by atoms with Crippen LogP contribution in [0.2, 0.25) is 0 Å². The lowest BCUT2D eigenvalue weighted by molar-refractivity contribution is -0.118. The average Bonchev–Trinajstić information content (AvgIpc) is 2.60. The molecule has 0 saturated heterocycles. The van der Waals surface area contributed by atoms with Crippen molar-refractivity contribution in [3.63, 3.8) is 0 Å². The van der Waals surface area contributed by atoms with Gasteiger partial charge in [-0.2, -0.15) is 0 Å². The highest BCUT2D eigenvalue weighted by Crippen LogP contribution is 2.22. The van der Waals surface area contributed by atoms with E-state index in [0.717, 1.165) is 0 Å². The van der Waals surface area contributed by atoms with Crippen LogP contribution >= 0.6 is 0 Å². The van der Waals surface area contributed by atoms with Gasteiger partial charge in [-0.05, 0) is 36.4 Å². The Bertz CT molecular complexity index is 900. The molecular formula is C19H14F2N2O2. The van der Waals surface area contributed by atoms with Crippen molar-refractivity contribution in [1.29, 1.82) is 0 Å². The van der Waals surface area contributed by atoms with Crippen LogP contribution in [0.3, 0.4) is 0 Å². The SMILES string of the molecule is O=C(COc1ccnc(-c2cccc(F)c2)c1)Nc1cccc(F)c1. The minimum Gasteiger partial charge on any atom is -0.484 e. The molecule has 2 aromatic carbocycles. The Hall–Kier alpha value is -3.28. The van der Waals surface area contributed by atoms with E-state index >= 15 is 0 Å². The minimum absolute atomic E-state index is 0.247. The molecule has 3 rings (SSSR count). The van der Waals surface area contributed by atoms with Gasteiger partial charge in [0, 0.05) is 23.5 Å². The summed E-state index contributed by atoms with van der Waals surface area (Å²) in [5, 5.41) is 2.54. The number of hydrogen-bond acceptors (Lipinski definition) is 3. The third-order valence-electron chi connectivity index (χ3n) is 3.33. The number of anilines is 1. The van der Waals surface area contributed by atoms with Crippen LogP contribution in [0.5, 0.6) is 5.75 Å². The molecule has 0 unspecified atom stereocenters. The number of amides is 1. The zero-order valence-corrected chi connectivity index (χ0v) is 13.1. The summed E-state index contributed by atoms with van der Waals surface area (Å²) in [7, 11) is 0. The molecule has 0 aliphatic heterocycles. The van der Waals surface area contributed by atoms with Crippen molar-refractivity contribution in [3.05, 3.63) is 78.5 Å². The number of ether oxygens (including phenoxy) is 1. The number of nitrogens with zero attached hydrogens (tertiary/aromatic N) is 1. The molecular weight excluding hydrogens is 326 g/mol. The fourth-order valence-corrected chi connectivity index (χ4v) is 2.22. The maximum Gasteiger partial charge on any atom is 0.262 e. The van der Waals surface area contributed by atoms with E-state index in [2.05, 4.69) is 10.3 Å². The van der Waals surface area contributed by atoms with Gasteiger partial charge in [-0.25, -0.2) is 8.78 Å². The van der Waals surface area contributed by atoms with E-state index in [4.69, 9.17) is 4.74 Å². The first-order valence-electron chi connectivity index (χ1n) is 7.50. The van der Waals surface area contributed by atoms with Gasteiger partial charge in [-0.1, -0.05) is 18.2 Å². The molecule has 0 radical (unpaired) electrons. The van der Waals surface area contributed by atoms with Crippen LogP contribution in [-0.2, 0) is 4.79 Å². The van der Waals surface area contributed by atoms with Gasteiger partial charge < -0.3 is 10.1 Å². The molecule has 4 nitrogen and oxygen atoms in total. The van der Waals surface area contributed by atoms with Crippen LogP contribution in [0.25, 0.3) is 11.3 Å². The van der Waals surface area contributed by atoms with Crippen LogP contribution in [0.4, 0.5) is 14.5 Å². The Morgan fingerprint density at radius 3 is 2.52 bits per heavy atom. The maximum atomic E-state index is 13.3. The van der Waals surface area contributed by atoms with E-state index in [-0.39, 0.29) is 12.4 Å². The quantitative estimate of drug-likeness (QED) is 0.762. The summed E-state index contributed by atoms with van der Waals surface area (Å²) in [6, 6.07) is 14.8. The molecule has 25 heavy (non-hydrogen) atoms. The highest BCUT2D eigenvalue weighted by atomic mass is 19.1. The van der Waals surface area contributed by atoms with Gasteiger partial charge >= 0.3 is 0 Å². The summed E-state index contributed by atoms with van der Waals surface area (Å²) in [6.07, 6.45) is 1.51. The van der Waals surface area contributed by atoms with Crippen LogP contribution in [0, 0.1) is 11.6 Å². The fraction of sp³-hybridized carbons (Fsp3) is 0.0526. The summed E-state index contributed by atoms with van der Waals surface area (Å²) in [5.74, 6) is -0.800. The number of carbonyl (C=O) groups excluding carboxylic acids is 1. The molecule has 3 aromatic rings. The van der Waals surface area contributed by atoms with Gasteiger partial charge in [0.05, 0.1) is 5.69 Å². The first kappa shape index (κ1) is 16.6. The Kier molecular flexibility index (Phi) is 4.99. The molecule has 0 spiro atoms. The molecule has 0 aliphatic carbocycles. The third-order valence-corrected chi connectivity index (χ3v) is 3.33. The van der Waals surface area contributed by atoms with Crippen molar-refractivity contribution in [2.75, 3.05) is 11.9 Å². The van der Waals surface area contributed by atoms with Gasteiger partial charge in [0.25, 0.3) is 5.91 Å². The van der Waals surface area contributed by atoms with Gasteiger partial charge in [0.1, 0.15) is 17.4 Å². The molecule has 1 N–H and O–H groups in total. The van der Waals surface area contributed by atoms with E-state index < -0.39 is 11.7 Å². The van der Waals surface area contributed by atoms with Crippen LogP contribution in [0.15, 0.2) is 66.9 Å². The molecule has 1 amide bonds. The number of nitrogens with one attached hydrogen (secondary N) is 1. The highest BCUT2D eigenvalue weighted by molar-refractivity contribution is 5.91. The lowest BCUT2D eigenvalue weighted by Gasteiger charge is -2.09. The minimum atomic E-state index is -0.437. The van der Waals surface area contributed by atoms with Crippen molar-refractivity contribution in [3.8, 4) is 17.0 Å². The summed E-state index contributed by atoms with van der Waals surface area (Å²) in [4.78, 5) is 16.0. The molecule has 6 heteroatoms. The van der Waals surface area contributed by atoms with E-state index in [0.29, 0.717) is 22.7 Å². The van der Waals surface area contributed by atoms with Gasteiger partial charge in [-0.3, -0.25) is 9.78 Å². The largest absolute Gasteiger partial charge is 0.484 e. The Labute approximate surface area is 143 Å². The average molecular weight is 340 g/mol. The predicted molar refractivity (Wildman–Crippen MR) is 90.2 cm³/mol. The van der Waals surface area contributed by atoms with Gasteiger partial charge in [0.15, 0.2) is 6.61 Å². The number of rotatable bonds is 5.